The van der Waals surface area contributed by atoms with E-state index in [1.54, 1.807) is 40.9 Å². The van der Waals surface area contributed by atoms with Crippen molar-refractivity contribution in [3.63, 3.8) is 0 Å². The Hall–Kier alpha value is -2.66. The third kappa shape index (κ3) is 3.57. The van der Waals surface area contributed by atoms with E-state index in [4.69, 9.17) is 11.6 Å². The van der Waals surface area contributed by atoms with Gasteiger partial charge in [0.05, 0.1) is 6.20 Å². The summed E-state index contributed by atoms with van der Waals surface area (Å²) in [7, 11) is 1.72. The number of nitrogens with zero attached hydrogens (tertiary/aromatic N) is 4. The fraction of sp³-hybridized carbons (Fsp3) is 0.118. The van der Waals surface area contributed by atoms with Gasteiger partial charge >= 0.3 is 0 Å². The van der Waals surface area contributed by atoms with Gasteiger partial charge in [-0.3, -0.25) is 4.79 Å². The van der Waals surface area contributed by atoms with Crippen molar-refractivity contribution in [3.8, 4) is 11.3 Å². The number of rotatable bonds is 4. The number of carbonyl (C=O) groups is 1. The number of aromatic nitrogens is 3. The lowest BCUT2D eigenvalue weighted by molar-refractivity contribution is 0.0743. The molecule has 0 aliphatic heterocycles. The fourth-order valence-corrected chi connectivity index (χ4v) is 2.33. The van der Waals surface area contributed by atoms with Gasteiger partial charge in [-0.2, -0.15) is 0 Å². The molecule has 0 atom stereocenters. The molecule has 0 fully saturated rings. The third-order valence-electron chi connectivity index (χ3n) is 3.40. The van der Waals surface area contributed by atoms with Crippen molar-refractivity contribution in [1.82, 2.24) is 19.9 Å². The first kappa shape index (κ1) is 15.2. The Labute approximate surface area is 139 Å². The van der Waals surface area contributed by atoms with Gasteiger partial charge in [0.2, 0.25) is 0 Å². The molecule has 0 unspecified atom stereocenters. The van der Waals surface area contributed by atoms with E-state index in [0.717, 1.165) is 11.3 Å². The van der Waals surface area contributed by atoms with Crippen LogP contribution in [0.25, 0.3) is 11.3 Å². The van der Waals surface area contributed by atoms with Crippen LogP contribution in [0.1, 0.15) is 10.4 Å². The van der Waals surface area contributed by atoms with E-state index >= 15 is 0 Å². The maximum atomic E-state index is 12.4. The number of benzene rings is 2. The Morgan fingerprint density at radius 2 is 1.83 bits per heavy atom. The molecule has 3 aromatic rings. The highest BCUT2D eigenvalue weighted by Crippen LogP contribution is 2.15. The summed E-state index contributed by atoms with van der Waals surface area (Å²) in [4.78, 5) is 13.9. The Kier molecular flexibility index (Phi) is 4.39. The molecule has 5 nitrogen and oxygen atoms in total. The van der Waals surface area contributed by atoms with Crippen LogP contribution in [-0.4, -0.2) is 32.8 Å². The molecule has 2 aromatic carbocycles. The van der Waals surface area contributed by atoms with Gasteiger partial charge in [0.25, 0.3) is 5.91 Å². The van der Waals surface area contributed by atoms with Crippen LogP contribution in [0.15, 0.2) is 60.8 Å². The molecular formula is C17H15ClN4O. The lowest BCUT2D eigenvalue weighted by Crippen LogP contribution is -2.29. The molecule has 3 rings (SSSR count). The van der Waals surface area contributed by atoms with Crippen molar-refractivity contribution in [2.45, 2.75) is 6.67 Å². The van der Waals surface area contributed by atoms with Crippen molar-refractivity contribution < 1.29 is 4.79 Å². The molecule has 1 amide bonds. The number of amides is 1. The van der Waals surface area contributed by atoms with E-state index in [-0.39, 0.29) is 5.91 Å². The predicted molar refractivity (Wildman–Crippen MR) is 89.0 cm³/mol. The topological polar surface area (TPSA) is 51.0 Å². The second-order valence-corrected chi connectivity index (χ2v) is 5.60. The molecule has 0 bridgehead atoms. The number of hydrogen-bond acceptors (Lipinski definition) is 3. The molecule has 0 spiro atoms. The van der Waals surface area contributed by atoms with Crippen LogP contribution in [0, 0.1) is 0 Å². The van der Waals surface area contributed by atoms with Crippen molar-refractivity contribution in [3.05, 3.63) is 71.4 Å². The summed E-state index contributed by atoms with van der Waals surface area (Å²) in [6.45, 7) is 0.321. The van der Waals surface area contributed by atoms with Crippen LogP contribution in [-0.2, 0) is 6.67 Å². The quantitative estimate of drug-likeness (QED) is 0.739. The molecule has 0 radical (unpaired) electrons. The van der Waals surface area contributed by atoms with Gasteiger partial charge < -0.3 is 4.90 Å². The average molecular weight is 327 g/mol. The van der Waals surface area contributed by atoms with Crippen LogP contribution in [0.5, 0.6) is 0 Å². The van der Waals surface area contributed by atoms with E-state index in [0.29, 0.717) is 17.3 Å². The second kappa shape index (κ2) is 6.62. The number of carbonyl (C=O) groups excluding carboxylic acids is 1. The highest BCUT2D eigenvalue weighted by atomic mass is 35.5. The minimum atomic E-state index is -0.0987. The monoisotopic (exact) mass is 326 g/mol. The van der Waals surface area contributed by atoms with Crippen molar-refractivity contribution in [2.24, 2.45) is 0 Å². The summed E-state index contributed by atoms with van der Waals surface area (Å²) >= 11 is 5.84. The first-order chi connectivity index (χ1) is 11.1. The Balaban J connectivity index is 1.71. The van der Waals surface area contributed by atoms with E-state index in [1.165, 1.54) is 0 Å². The van der Waals surface area contributed by atoms with Crippen LogP contribution >= 0.6 is 11.6 Å². The van der Waals surface area contributed by atoms with Crippen molar-refractivity contribution in [2.75, 3.05) is 7.05 Å². The number of halogens is 1. The minimum absolute atomic E-state index is 0.0987. The summed E-state index contributed by atoms with van der Waals surface area (Å²) < 4.78 is 1.64. The molecule has 0 aliphatic rings. The van der Waals surface area contributed by atoms with Crippen molar-refractivity contribution >= 4 is 17.5 Å². The minimum Gasteiger partial charge on any atom is -0.322 e. The van der Waals surface area contributed by atoms with Gasteiger partial charge in [-0.1, -0.05) is 47.1 Å². The van der Waals surface area contributed by atoms with Gasteiger partial charge in [0.1, 0.15) is 12.4 Å². The molecule has 0 N–H and O–H groups in total. The molecule has 1 aromatic heterocycles. The van der Waals surface area contributed by atoms with Gasteiger partial charge in [-0.05, 0) is 24.3 Å². The summed E-state index contributed by atoms with van der Waals surface area (Å²) in [5.41, 5.74) is 2.35. The normalized spacial score (nSPS) is 10.5. The first-order valence-corrected chi connectivity index (χ1v) is 7.48. The van der Waals surface area contributed by atoms with Crippen LogP contribution in [0.2, 0.25) is 5.02 Å². The second-order valence-electron chi connectivity index (χ2n) is 5.16. The maximum Gasteiger partial charge on any atom is 0.255 e. The molecular weight excluding hydrogens is 312 g/mol. The molecule has 23 heavy (non-hydrogen) atoms. The van der Waals surface area contributed by atoms with Gasteiger partial charge in [-0.25, -0.2) is 4.68 Å². The van der Waals surface area contributed by atoms with Crippen LogP contribution in [0.4, 0.5) is 0 Å². The molecule has 0 saturated heterocycles. The van der Waals surface area contributed by atoms with Gasteiger partial charge in [-0.15, -0.1) is 5.10 Å². The highest BCUT2D eigenvalue weighted by Gasteiger charge is 2.13. The Morgan fingerprint density at radius 1 is 1.13 bits per heavy atom. The molecule has 116 valence electrons. The molecule has 1 heterocycles. The lowest BCUT2D eigenvalue weighted by Gasteiger charge is -2.16. The molecule has 0 aliphatic carbocycles. The zero-order valence-corrected chi connectivity index (χ0v) is 13.3. The fourth-order valence-electron chi connectivity index (χ4n) is 2.20. The molecule has 6 heteroatoms. The largest absolute Gasteiger partial charge is 0.322 e. The maximum absolute atomic E-state index is 12.4. The van der Waals surface area contributed by atoms with E-state index < -0.39 is 0 Å². The smallest absolute Gasteiger partial charge is 0.255 e. The number of hydrogen-bond donors (Lipinski definition) is 0. The zero-order valence-electron chi connectivity index (χ0n) is 12.6. The summed E-state index contributed by atoms with van der Waals surface area (Å²) in [6.07, 6.45) is 1.82. The van der Waals surface area contributed by atoms with E-state index in [2.05, 4.69) is 10.3 Å². The molecule has 0 saturated carbocycles. The standard InChI is InChI=1S/C17H15ClN4O/c1-21(17(23)14-7-9-15(18)10-8-14)12-22-11-16(19-20-22)13-5-3-2-4-6-13/h2-11H,12H2,1H3. The summed E-state index contributed by atoms with van der Waals surface area (Å²) in [6, 6.07) is 16.6. The van der Waals surface area contributed by atoms with Gasteiger partial charge in [0.15, 0.2) is 0 Å². The predicted octanol–water partition coefficient (Wildman–Crippen LogP) is 3.33. The highest BCUT2D eigenvalue weighted by molar-refractivity contribution is 6.30. The summed E-state index contributed by atoms with van der Waals surface area (Å²) in [5.74, 6) is -0.0987. The first-order valence-electron chi connectivity index (χ1n) is 7.10. The van der Waals surface area contributed by atoms with Crippen molar-refractivity contribution in [1.29, 1.82) is 0 Å². The van der Waals surface area contributed by atoms with Crippen LogP contribution in [0.3, 0.4) is 0 Å². The average Bonchev–Trinajstić information content (AvgIpc) is 3.04. The zero-order chi connectivity index (χ0) is 16.2. The van der Waals surface area contributed by atoms with Gasteiger partial charge in [0, 0.05) is 23.2 Å². The SMILES string of the molecule is CN(Cn1cc(-c2ccccc2)nn1)C(=O)c1ccc(Cl)cc1. The lowest BCUT2D eigenvalue weighted by atomic mass is 10.2. The van der Waals surface area contributed by atoms with E-state index in [9.17, 15) is 4.79 Å². The third-order valence-corrected chi connectivity index (χ3v) is 3.66. The Bertz CT molecular complexity index is 799. The van der Waals surface area contributed by atoms with E-state index in [1.807, 2.05) is 36.5 Å². The van der Waals surface area contributed by atoms with Crippen LogP contribution < -0.4 is 0 Å². The summed E-state index contributed by atoms with van der Waals surface area (Å²) in [5, 5.41) is 8.82. The Morgan fingerprint density at radius 3 is 2.52 bits per heavy atom.